The number of nitrogens with one attached hydrogen (secondary N) is 1. The van der Waals surface area contributed by atoms with Gasteiger partial charge in [0.05, 0.1) is 15.3 Å². The molecule has 8 nitrogen and oxygen atoms in total. The number of nitrogens with zero attached hydrogens (tertiary/aromatic N) is 1. The van der Waals surface area contributed by atoms with Crippen molar-refractivity contribution in [3.05, 3.63) is 81.5 Å². The molecule has 0 aliphatic heterocycles. The highest BCUT2D eigenvalue weighted by molar-refractivity contribution is 7.89. The van der Waals surface area contributed by atoms with Crippen molar-refractivity contribution in [3.63, 3.8) is 0 Å². The van der Waals surface area contributed by atoms with Gasteiger partial charge in [-0.3, -0.25) is 9.59 Å². The summed E-state index contributed by atoms with van der Waals surface area (Å²) in [6.07, 6.45) is 0. The Bertz CT molecular complexity index is 1300. The lowest BCUT2D eigenvalue weighted by Gasteiger charge is -2.15. The van der Waals surface area contributed by atoms with Gasteiger partial charge in [-0.05, 0) is 42.1 Å². The van der Waals surface area contributed by atoms with Crippen LogP contribution in [0, 0.1) is 6.92 Å². The molecule has 0 spiro atoms. The molecule has 33 heavy (non-hydrogen) atoms. The maximum atomic E-state index is 12.7. The minimum absolute atomic E-state index is 0.0541. The molecule has 3 rings (SSSR count). The molecule has 2 aromatic carbocycles. The minimum atomic E-state index is -3.69. The molecular formula is C23H22N2O6S2. The largest absolute Gasteiger partial charge is 0.452 e. The number of thiophene rings is 1. The molecular weight excluding hydrogens is 464 g/mol. The molecule has 0 saturated heterocycles. The van der Waals surface area contributed by atoms with E-state index in [-0.39, 0.29) is 27.5 Å². The maximum absolute atomic E-state index is 12.7. The number of hydrogen-bond donors (Lipinski definition) is 1. The Morgan fingerprint density at radius 1 is 1.00 bits per heavy atom. The molecule has 0 saturated carbocycles. The van der Waals surface area contributed by atoms with Crippen molar-refractivity contribution >= 4 is 44.7 Å². The fraction of sp³-hybridized carbons (Fsp3) is 0.174. The number of ether oxygens (including phenoxy) is 1. The summed E-state index contributed by atoms with van der Waals surface area (Å²) < 4.78 is 31.1. The van der Waals surface area contributed by atoms with E-state index >= 15 is 0 Å². The highest BCUT2D eigenvalue weighted by Crippen LogP contribution is 2.23. The van der Waals surface area contributed by atoms with Gasteiger partial charge in [-0.15, -0.1) is 11.3 Å². The highest BCUT2D eigenvalue weighted by atomic mass is 32.2. The average molecular weight is 487 g/mol. The molecule has 0 fully saturated rings. The van der Waals surface area contributed by atoms with Gasteiger partial charge < -0.3 is 10.1 Å². The summed E-state index contributed by atoms with van der Waals surface area (Å²) in [5, 5.41) is 4.29. The number of esters is 1. The normalized spacial score (nSPS) is 11.3. The van der Waals surface area contributed by atoms with E-state index in [1.54, 1.807) is 48.7 Å². The average Bonchev–Trinajstić information content (AvgIpc) is 3.33. The van der Waals surface area contributed by atoms with Crippen molar-refractivity contribution in [2.45, 2.75) is 11.8 Å². The molecule has 1 N–H and O–H groups in total. The van der Waals surface area contributed by atoms with Crippen molar-refractivity contribution < 1.29 is 27.5 Å². The van der Waals surface area contributed by atoms with E-state index in [1.165, 1.54) is 43.6 Å². The van der Waals surface area contributed by atoms with Gasteiger partial charge in [-0.1, -0.05) is 30.3 Å². The quantitative estimate of drug-likeness (QED) is 0.386. The summed E-state index contributed by atoms with van der Waals surface area (Å²) in [5.74, 6) is -1.77. The van der Waals surface area contributed by atoms with E-state index in [0.717, 1.165) is 4.31 Å². The Kier molecular flexibility index (Phi) is 7.42. The van der Waals surface area contributed by atoms with Crippen molar-refractivity contribution in [1.82, 2.24) is 4.31 Å². The lowest BCUT2D eigenvalue weighted by molar-refractivity contribution is -0.119. The first-order valence-corrected chi connectivity index (χ1v) is 12.1. The topological polar surface area (TPSA) is 110 Å². The summed E-state index contributed by atoms with van der Waals surface area (Å²) in [6.45, 7) is 1.04. The number of rotatable bonds is 8. The molecule has 1 heterocycles. The first-order chi connectivity index (χ1) is 15.6. The van der Waals surface area contributed by atoms with Gasteiger partial charge in [0.1, 0.15) is 0 Å². The van der Waals surface area contributed by atoms with Crippen LogP contribution in [0.4, 0.5) is 5.69 Å². The number of hydrogen-bond acceptors (Lipinski definition) is 7. The molecule has 3 aromatic rings. The van der Waals surface area contributed by atoms with Gasteiger partial charge in [-0.2, -0.15) is 0 Å². The van der Waals surface area contributed by atoms with Crippen LogP contribution in [-0.4, -0.2) is 51.1 Å². The molecule has 1 amide bonds. The summed E-state index contributed by atoms with van der Waals surface area (Å²) in [4.78, 5) is 38.1. The number of ketones is 1. The van der Waals surface area contributed by atoms with E-state index in [0.29, 0.717) is 10.4 Å². The SMILES string of the molecule is Cc1ccc(NC(=O)COC(=O)c2ccccc2C(=O)c2cccs2)cc1S(=O)(=O)N(C)C. The Balaban J connectivity index is 1.69. The summed E-state index contributed by atoms with van der Waals surface area (Å²) in [6, 6.07) is 14.1. The van der Waals surface area contributed by atoms with Gasteiger partial charge in [0.2, 0.25) is 15.8 Å². The van der Waals surface area contributed by atoms with E-state index in [4.69, 9.17) is 4.74 Å². The first kappa shape index (κ1) is 24.3. The van der Waals surface area contributed by atoms with Gasteiger partial charge in [0.15, 0.2) is 6.61 Å². The zero-order valence-corrected chi connectivity index (χ0v) is 19.8. The fourth-order valence-corrected chi connectivity index (χ4v) is 4.78. The Hall–Kier alpha value is -3.34. The fourth-order valence-electron chi connectivity index (χ4n) is 2.96. The number of carbonyl (C=O) groups excluding carboxylic acids is 3. The van der Waals surface area contributed by atoms with Crippen molar-refractivity contribution in [3.8, 4) is 0 Å². The molecule has 0 atom stereocenters. The van der Waals surface area contributed by atoms with Crippen LogP contribution in [0.1, 0.15) is 31.2 Å². The molecule has 0 aliphatic rings. The second-order valence-electron chi connectivity index (χ2n) is 7.24. The molecule has 1 aromatic heterocycles. The Morgan fingerprint density at radius 3 is 2.33 bits per heavy atom. The van der Waals surface area contributed by atoms with Crippen LogP contribution in [0.15, 0.2) is 64.9 Å². The predicted octanol–water partition coefficient (Wildman–Crippen LogP) is 3.33. The molecule has 0 radical (unpaired) electrons. The smallest absolute Gasteiger partial charge is 0.339 e. The van der Waals surface area contributed by atoms with Crippen molar-refractivity contribution in [1.29, 1.82) is 0 Å². The second kappa shape index (κ2) is 10.1. The van der Waals surface area contributed by atoms with Crippen LogP contribution in [0.5, 0.6) is 0 Å². The van der Waals surface area contributed by atoms with E-state index in [2.05, 4.69) is 5.32 Å². The summed E-state index contributed by atoms with van der Waals surface area (Å²) in [5.41, 5.74) is 1.01. The van der Waals surface area contributed by atoms with Crippen LogP contribution in [0.3, 0.4) is 0 Å². The number of aryl methyl sites for hydroxylation is 1. The van der Waals surface area contributed by atoms with E-state index in [9.17, 15) is 22.8 Å². The zero-order valence-electron chi connectivity index (χ0n) is 18.2. The van der Waals surface area contributed by atoms with Gasteiger partial charge in [-0.25, -0.2) is 17.5 Å². The molecule has 0 unspecified atom stereocenters. The van der Waals surface area contributed by atoms with Crippen LogP contribution >= 0.6 is 11.3 Å². The lowest BCUT2D eigenvalue weighted by atomic mass is 10.0. The Labute approximate surface area is 195 Å². The molecule has 172 valence electrons. The number of amides is 1. The van der Waals surface area contributed by atoms with Gasteiger partial charge in [0.25, 0.3) is 5.91 Å². The third-order valence-corrected chi connectivity index (χ3v) is 7.53. The summed E-state index contributed by atoms with van der Waals surface area (Å²) in [7, 11) is -0.859. The third kappa shape index (κ3) is 5.54. The van der Waals surface area contributed by atoms with Crippen molar-refractivity contribution in [2.75, 3.05) is 26.0 Å². The highest BCUT2D eigenvalue weighted by Gasteiger charge is 2.22. The second-order valence-corrected chi connectivity index (χ2v) is 10.3. The summed E-state index contributed by atoms with van der Waals surface area (Å²) >= 11 is 1.26. The van der Waals surface area contributed by atoms with Crippen molar-refractivity contribution in [2.24, 2.45) is 0 Å². The van der Waals surface area contributed by atoms with Crippen LogP contribution in [0.2, 0.25) is 0 Å². The number of carbonyl (C=O) groups is 3. The van der Waals surface area contributed by atoms with E-state index < -0.39 is 28.5 Å². The number of benzene rings is 2. The number of anilines is 1. The van der Waals surface area contributed by atoms with Gasteiger partial charge in [0, 0.05) is 25.3 Å². The maximum Gasteiger partial charge on any atom is 0.339 e. The number of sulfonamides is 1. The molecule has 10 heteroatoms. The van der Waals surface area contributed by atoms with E-state index in [1.807, 2.05) is 0 Å². The monoisotopic (exact) mass is 486 g/mol. The molecule has 0 bridgehead atoms. The standard InChI is InChI=1S/C23H22N2O6S2/c1-15-10-11-16(13-20(15)33(29,30)25(2)3)24-21(26)14-31-23(28)18-8-5-4-7-17(18)22(27)19-9-6-12-32-19/h4-13H,14H2,1-3H3,(H,24,26). The predicted molar refractivity (Wildman–Crippen MR) is 125 cm³/mol. The third-order valence-electron chi connectivity index (χ3n) is 4.70. The zero-order chi connectivity index (χ0) is 24.2. The van der Waals surface area contributed by atoms with Crippen LogP contribution in [-0.2, 0) is 19.6 Å². The van der Waals surface area contributed by atoms with Crippen LogP contribution in [0.25, 0.3) is 0 Å². The molecule has 0 aliphatic carbocycles. The Morgan fingerprint density at radius 2 is 1.70 bits per heavy atom. The van der Waals surface area contributed by atoms with Gasteiger partial charge >= 0.3 is 5.97 Å². The minimum Gasteiger partial charge on any atom is -0.452 e. The van der Waals surface area contributed by atoms with Crippen LogP contribution < -0.4 is 5.32 Å². The lowest BCUT2D eigenvalue weighted by Crippen LogP contribution is -2.24. The first-order valence-electron chi connectivity index (χ1n) is 9.78.